The van der Waals surface area contributed by atoms with Crippen molar-refractivity contribution in [3.8, 4) is 0 Å². The number of ether oxygens (including phenoxy) is 1. The van der Waals surface area contributed by atoms with Crippen LogP contribution in [0.25, 0.3) is 0 Å². The zero-order chi connectivity index (χ0) is 14.7. The van der Waals surface area contributed by atoms with Crippen LogP contribution in [0.2, 0.25) is 0 Å². The number of carbonyl (C=O) groups excluding carboxylic acids is 1. The molecule has 0 aromatic heterocycles. The highest BCUT2D eigenvalue weighted by molar-refractivity contribution is 5.66. The molecule has 1 atom stereocenters. The third-order valence-electron chi connectivity index (χ3n) is 4.01. The summed E-state index contributed by atoms with van der Waals surface area (Å²) in [6.45, 7) is 1.46. The Morgan fingerprint density at radius 2 is 1.52 bits per heavy atom. The van der Waals surface area contributed by atoms with Gasteiger partial charge in [0, 0.05) is 18.8 Å². The maximum absolute atomic E-state index is 11.2. The summed E-state index contributed by atoms with van der Waals surface area (Å²) >= 11 is 0. The number of hydrogen-bond donors (Lipinski definition) is 0. The van der Waals surface area contributed by atoms with Crippen molar-refractivity contribution in [1.29, 1.82) is 0 Å². The Morgan fingerprint density at radius 1 is 1.00 bits per heavy atom. The number of allylic oxidation sites excluding steroid dienone is 1. The summed E-state index contributed by atoms with van der Waals surface area (Å²) < 4.78 is 5.38. The van der Waals surface area contributed by atoms with E-state index in [9.17, 15) is 4.79 Å². The average Bonchev–Trinajstić information content (AvgIpc) is 2.93. The molecule has 0 unspecified atom stereocenters. The van der Waals surface area contributed by atoms with Crippen LogP contribution >= 0.6 is 0 Å². The molecule has 0 bridgehead atoms. The smallest absolute Gasteiger partial charge is 0.303 e. The fourth-order valence-electron chi connectivity index (χ4n) is 3.09. The Balaban J connectivity index is 2.03. The van der Waals surface area contributed by atoms with Gasteiger partial charge in [-0.1, -0.05) is 66.7 Å². The number of carbonyl (C=O) groups is 1. The van der Waals surface area contributed by atoms with Crippen molar-refractivity contribution in [2.75, 3.05) is 0 Å². The molecule has 3 rings (SSSR count). The van der Waals surface area contributed by atoms with E-state index in [1.807, 2.05) is 42.5 Å². The highest BCUT2D eigenvalue weighted by atomic mass is 16.5. The fourth-order valence-corrected chi connectivity index (χ4v) is 3.09. The van der Waals surface area contributed by atoms with Gasteiger partial charge in [0.05, 0.1) is 0 Å². The van der Waals surface area contributed by atoms with E-state index in [0.717, 1.165) is 6.42 Å². The molecule has 0 saturated heterocycles. The first-order valence-corrected chi connectivity index (χ1v) is 7.18. The third kappa shape index (κ3) is 2.62. The van der Waals surface area contributed by atoms with Crippen LogP contribution in [0.1, 0.15) is 24.5 Å². The van der Waals surface area contributed by atoms with Crippen molar-refractivity contribution in [3.63, 3.8) is 0 Å². The molecule has 1 aliphatic rings. The van der Waals surface area contributed by atoms with Gasteiger partial charge in [0.25, 0.3) is 0 Å². The monoisotopic (exact) mass is 278 g/mol. The maximum atomic E-state index is 11.2. The Morgan fingerprint density at radius 3 is 2.00 bits per heavy atom. The van der Waals surface area contributed by atoms with Gasteiger partial charge in [-0.3, -0.25) is 4.79 Å². The lowest BCUT2D eigenvalue weighted by Crippen LogP contribution is -2.26. The van der Waals surface area contributed by atoms with Crippen molar-refractivity contribution in [3.05, 3.63) is 83.9 Å². The first kappa shape index (κ1) is 13.6. The summed E-state index contributed by atoms with van der Waals surface area (Å²) in [6.07, 6.45) is 4.76. The van der Waals surface area contributed by atoms with E-state index < -0.39 is 0 Å². The first-order chi connectivity index (χ1) is 10.2. The van der Waals surface area contributed by atoms with E-state index in [0.29, 0.717) is 0 Å². The number of rotatable bonds is 3. The average molecular weight is 278 g/mol. The zero-order valence-electron chi connectivity index (χ0n) is 12.0. The number of esters is 1. The summed E-state index contributed by atoms with van der Waals surface area (Å²) in [5, 5.41) is 0. The lowest BCUT2D eigenvalue weighted by molar-refractivity contribution is -0.144. The third-order valence-corrected chi connectivity index (χ3v) is 4.01. The van der Waals surface area contributed by atoms with Gasteiger partial charge in [-0.25, -0.2) is 0 Å². The predicted octanol–water partition coefficient (Wildman–Crippen LogP) is 3.86. The quantitative estimate of drug-likeness (QED) is 0.629. The van der Waals surface area contributed by atoms with E-state index in [1.165, 1.54) is 18.1 Å². The number of hydrogen-bond acceptors (Lipinski definition) is 2. The minimum absolute atomic E-state index is 0.164. The van der Waals surface area contributed by atoms with Gasteiger partial charge in [0.2, 0.25) is 0 Å². The molecular weight excluding hydrogens is 260 g/mol. The molecule has 2 nitrogen and oxygen atoms in total. The van der Waals surface area contributed by atoms with E-state index in [-0.39, 0.29) is 17.5 Å². The molecule has 0 amide bonds. The molecule has 0 fully saturated rings. The molecule has 2 aromatic carbocycles. The highest BCUT2D eigenvalue weighted by Crippen LogP contribution is 2.42. The van der Waals surface area contributed by atoms with Crippen LogP contribution in [-0.2, 0) is 14.9 Å². The second-order valence-corrected chi connectivity index (χ2v) is 5.41. The van der Waals surface area contributed by atoms with Crippen molar-refractivity contribution in [1.82, 2.24) is 0 Å². The number of benzene rings is 2. The van der Waals surface area contributed by atoms with Gasteiger partial charge < -0.3 is 4.74 Å². The van der Waals surface area contributed by atoms with Crippen molar-refractivity contribution in [2.24, 2.45) is 0 Å². The van der Waals surface area contributed by atoms with Gasteiger partial charge in [-0.2, -0.15) is 0 Å². The van der Waals surface area contributed by atoms with Gasteiger partial charge >= 0.3 is 5.97 Å². The highest BCUT2D eigenvalue weighted by Gasteiger charge is 2.38. The molecule has 106 valence electrons. The summed E-state index contributed by atoms with van der Waals surface area (Å²) in [6, 6.07) is 20.8. The molecule has 0 N–H and O–H groups in total. The standard InChI is InChI=1S/C19H18O2/c1-15(20)21-18-12-13-19(14-18,16-8-4-2-5-9-16)17-10-6-3-7-11-17/h2-13,18H,14H2,1H3/t18-/m0/s1. The van der Waals surface area contributed by atoms with E-state index in [1.54, 1.807) is 0 Å². The Kier molecular flexibility index (Phi) is 3.61. The van der Waals surface area contributed by atoms with Crippen LogP contribution in [0.3, 0.4) is 0 Å². The predicted molar refractivity (Wildman–Crippen MR) is 83.0 cm³/mol. The van der Waals surface area contributed by atoms with Crippen LogP contribution in [0.4, 0.5) is 0 Å². The largest absolute Gasteiger partial charge is 0.458 e. The van der Waals surface area contributed by atoms with Crippen LogP contribution < -0.4 is 0 Å². The Bertz CT molecular complexity index is 604. The summed E-state index contributed by atoms with van der Waals surface area (Å²) in [5.41, 5.74) is 2.23. The molecule has 1 aliphatic carbocycles. The van der Waals surface area contributed by atoms with Crippen LogP contribution in [-0.4, -0.2) is 12.1 Å². The second-order valence-electron chi connectivity index (χ2n) is 5.41. The van der Waals surface area contributed by atoms with E-state index in [4.69, 9.17) is 4.74 Å². The minimum Gasteiger partial charge on any atom is -0.458 e. The lowest BCUT2D eigenvalue weighted by Gasteiger charge is -2.30. The van der Waals surface area contributed by atoms with E-state index in [2.05, 4.69) is 30.3 Å². The van der Waals surface area contributed by atoms with Gasteiger partial charge in [-0.05, 0) is 17.2 Å². The minimum atomic E-state index is -0.235. The molecule has 0 spiro atoms. The SMILES string of the molecule is CC(=O)O[C@H]1C=CC(c2ccccc2)(c2ccccc2)C1. The van der Waals surface area contributed by atoms with Gasteiger partial charge in [0.15, 0.2) is 0 Å². The molecule has 0 heterocycles. The van der Waals surface area contributed by atoms with Crippen LogP contribution in [0, 0.1) is 0 Å². The van der Waals surface area contributed by atoms with Gasteiger partial charge in [-0.15, -0.1) is 0 Å². The Labute approximate surface area is 125 Å². The van der Waals surface area contributed by atoms with Gasteiger partial charge in [0.1, 0.15) is 6.10 Å². The first-order valence-electron chi connectivity index (χ1n) is 7.18. The van der Waals surface area contributed by atoms with Crippen molar-refractivity contribution >= 4 is 5.97 Å². The lowest BCUT2D eigenvalue weighted by atomic mass is 9.74. The summed E-state index contributed by atoms with van der Waals surface area (Å²) in [4.78, 5) is 11.2. The summed E-state index contributed by atoms with van der Waals surface area (Å²) in [7, 11) is 0. The van der Waals surface area contributed by atoms with Crippen LogP contribution in [0.15, 0.2) is 72.8 Å². The van der Waals surface area contributed by atoms with Crippen LogP contribution in [0.5, 0.6) is 0 Å². The molecule has 0 aliphatic heterocycles. The fraction of sp³-hybridized carbons (Fsp3) is 0.211. The topological polar surface area (TPSA) is 26.3 Å². The normalized spacial score (nSPS) is 19.4. The summed E-state index contributed by atoms with van der Waals surface area (Å²) in [5.74, 6) is -0.235. The van der Waals surface area contributed by atoms with Crippen molar-refractivity contribution in [2.45, 2.75) is 24.9 Å². The molecule has 2 aromatic rings. The molecular formula is C19H18O2. The molecule has 21 heavy (non-hydrogen) atoms. The molecule has 0 saturated carbocycles. The molecule has 2 heteroatoms. The zero-order valence-corrected chi connectivity index (χ0v) is 12.0. The second kappa shape index (κ2) is 5.57. The molecule has 0 radical (unpaired) electrons. The van der Waals surface area contributed by atoms with E-state index >= 15 is 0 Å². The Hall–Kier alpha value is -2.35. The van der Waals surface area contributed by atoms with Crippen molar-refractivity contribution < 1.29 is 9.53 Å². The maximum Gasteiger partial charge on any atom is 0.303 e.